The summed E-state index contributed by atoms with van der Waals surface area (Å²) in [4.78, 5) is 61.0. The van der Waals surface area contributed by atoms with Crippen LogP contribution in [-0.4, -0.2) is 90.8 Å². The lowest BCUT2D eigenvalue weighted by Gasteiger charge is -2.52. The minimum atomic E-state index is -0.629. The minimum absolute atomic E-state index is 0.152. The van der Waals surface area contributed by atoms with Gasteiger partial charge in [-0.05, 0) is 121 Å². The van der Waals surface area contributed by atoms with E-state index in [0.29, 0.717) is 54.5 Å². The largest absolute Gasteiger partial charge is 0.489 e. The van der Waals surface area contributed by atoms with Gasteiger partial charge in [0, 0.05) is 67.4 Å². The number of halogens is 1. The number of benzene rings is 4. The molecule has 1 aliphatic carbocycles. The summed E-state index contributed by atoms with van der Waals surface area (Å²) in [5.74, 6) is 0.880. The van der Waals surface area contributed by atoms with Gasteiger partial charge in [-0.2, -0.15) is 0 Å². The minimum Gasteiger partial charge on any atom is -0.489 e. The highest BCUT2D eigenvalue weighted by Crippen LogP contribution is 2.48. The first-order valence-electron chi connectivity index (χ1n) is 23.7. The number of hydrogen-bond donors (Lipinski definition) is 1. The second-order valence-corrected chi connectivity index (χ2v) is 19.5. The van der Waals surface area contributed by atoms with Crippen LogP contribution >= 0.6 is 0 Å². The van der Waals surface area contributed by atoms with E-state index in [1.807, 2.05) is 12.1 Å². The number of ether oxygens (including phenoxy) is 1. The molecular weight excluding hydrogens is 822 g/mol. The Kier molecular flexibility index (Phi) is 12.5. The molecule has 65 heavy (non-hydrogen) atoms. The van der Waals surface area contributed by atoms with E-state index in [-0.39, 0.29) is 35.5 Å². The Bertz CT molecular complexity index is 2430. The van der Waals surface area contributed by atoms with E-state index in [4.69, 9.17) is 4.74 Å². The Morgan fingerprint density at radius 3 is 2.31 bits per heavy atom. The summed E-state index contributed by atoms with van der Waals surface area (Å²) in [6.45, 7) is 14.3. The van der Waals surface area contributed by atoms with Crippen molar-refractivity contribution < 1.29 is 33.4 Å². The molecule has 0 aromatic heterocycles. The zero-order chi connectivity index (χ0) is 45.5. The molecule has 5 aliphatic heterocycles. The van der Waals surface area contributed by atoms with E-state index < -0.39 is 11.9 Å². The van der Waals surface area contributed by atoms with Crippen molar-refractivity contribution in [3.8, 4) is 11.5 Å². The van der Waals surface area contributed by atoms with E-state index in [0.717, 1.165) is 56.8 Å². The van der Waals surface area contributed by atoms with E-state index in [9.17, 15) is 23.7 Å². The summed E-state index contributed by atoms with van der Waals surface area (Å²) >= 11 is 0. The van der Waals surface area contributed by atoms with Gasteiger partial charge < -0.3 is 19.4 Å². The van der Waals surface area contributed by atoms with Crippen molar-refractivity contribution in [2.45, 2.75) is 109 Å². The SMILES string of the molecule is CC(=O)CN1CCN2c3cc4c(cc3OCC2(C)C1)C(=O)N(C1CCC(=O)NC1=O)C4.CCC1(CC)CCN(c2ccc(C3c4ccc(OF)cc4CCC3c3ccccc3)cc2)CC1. The van der Waals surface area contributed by atoms with Crippen LogP contribution in [0.15, 0.2) is 84.9 Å². The van der Waals surface area contributed by atoms with Gasteiger partial charge in [-0.25, -0.2) is 0 Å². The first kappa shape index (κ1) is 44.5. The van der Waals surface area contributed by atoms with Gasteiger partial charge >= 0.3 is 0 Å². The fraction of sp³-hybridized carbons (Fsp3) is 0.472. The molecular formula is C53H62FN5O6. The average molecular weight is 884 g/mol. The predicted molar refractivity (Wildman–Crippen MR) is 249 cm³/mol. The number of piperidine rings is 2. The molecule has 12 heteroatoms. The Morgan fingerprint density at radius 2 is 1.62 bits per heavy atom. The number of nitrogens with one attached hydrogen (secondary N) is 1. The monoisotopic (exact) mass is 883 g/mol. The number of imide groups is 1. The van der Waals surface area contributed by atoms with E-state index >= 15 is 0 Å². The van der Waals surface area contributed by atoms with Gasteiger partial charge in [0.25, 0.3) is 5.91 Å². The first-order valence-corrected chi connectivity index (χ1v) is 23.7. The molecule has 0 saturated carbocycles. The van der Waals surface area contributed by atoms with Crippen LogP contribution in [-0.2, 0) is 27.3 Å². The number of Topliss-reactive ketones (excluding diaryl/α,β-unsaturated/α-hetero) is 1. The van der Waals surface area contributed by atoms with Crippen LogP contribution in [0.1, 0.15) is 123 Å². The van der Waals surface area contributed by atoms with E-state index in [1.165, 1.54) is 53.6 Å². The van der Waals surface area contributed by atoms with Gasteiger partial charge in [0.15, 0.2) is 5.75 Å². The second-order valence-electron chi connectivity index (χ2n) is 19.5. The zero-order valence-corrected chi connectivity index (χ0v) is 38.2. The maximum atomic E-state index is 13.1. The van der Waals surface area contributed by atoms with Crippen LogP contribution in [0.25, 0.3) is 0 Å². The Hall–Kier alpha value is -5.75. The summed E-state index contributed by atoms with van der Waals surface area (Å²) in [5, 5.41) is 2.34. The standard InChI is InChI=1S/C31H36FNO.C22H26N4O5/c1-3-31(4-2)18-20-33(21-19-31)26-13-10-24(11-14-26)30-28(23-8-6-5-7-9-23)16-12-25-22-27(34-32)15-17-29(25)30;1-13(27)9-24-5-6-26-17-7-14-10-25(16-3-4-19(28)23-20(16)29)21(30)15(14)8-18(17)31-12-22(26,2)11-24/h5-11,13-15,17,22,28,30H,3-4,12,16,18-21H2,1-2H3;7-8,16H,3-6,9-12H2,1-2H3,(H,23,28,29). The molecule has 5 heterocycles. The topological polar surface area (TPSA) is 112 Å². The third-order valence-electron chi connectivity index (χ3n) is 15.6. The third kappa shape index (κ3) is 8.74. The maximum Gasteiger partial charge on any atom is 0.255 e. The van der Waals surface area contributed by atoms with Crippen molar-refractivity contribution in [1.82, 2.24) is 15.1 Å². The van der Waals surface area contributed by atoms with Gasteiger partial charge in [0.05, 0.1) is 17.8 Å². The van der Waals surface area contributed by atoms with Crippen LogP contribution in [0, 0.1) is 5.41 Å². The predicted octanol–water partition coefficient (Wildman–Crippen LogP) is 8.53. The molecule has 3 saturated heterocycles. The van der Waals surface area contributed by atoms with Crippen LogP contribution in [0.4, 0.5) is 15.9 Å². The van der Waals surface area contributed by atoms with Crippen LogP contribution in [0.2, 0.25) is 0 Å². The summed E-state index contributed by atoms with van der Waals surface area (Å²) in [7, 11) is 0. The smallest absolute Gasteiger partial charge is 0.255 e. The molecule has 3 fully saturated rings. The van der Waals surface area contributed by atoms with Crippen LogP contribution < -0.4 is 24.8 Å². The summed E-state index contributed by atoms with van der Waals surface area (Å²) < 4.78 is 19.0. The molecule has 11 nitrogen and oxygen atoms in total. The van der Waals surface area contributed by atoms with Crippen molar-refractivity contribution >= 4 is 34.9 Å². The molecule has 4 aromatic carbocycles. The van der Waals surface area contributed by atoms with E-state index in [2.05, 4.69) is 106 Å². The number of amides is 3. The van der Waals surface area contributed by atoms with Gasteiger partial charge in [0.1, 0.15) is 24.2 Å². The molecule has 10 rings (SSSR count). The lowest BCUT2D eigenvalue weighted by molar-refractivity contribution is -0.137. The number of carbonyl (C=O) groups is 4. The summed E-state index contributed by atoms with van der Waals surface area (Å²) in [6.07, 6.45) is 7.70. The number of anilines is 2. The number of nitrogens with zero attached hydrogens (tertiary/aromatic N) is 4. The average Bonchev–Trinajstić information content (AvgIpc) is 3.64. The Balaban J connectivity index is 0.000000165. The molecule has 4 unspecified atom stereocenters. The number of aryl methyl sites for hydroxylation is 1. The highest BCUT2D eigenvalue weighted by atomic mass is 19.3. The van der Waals surface area contributed by atoms with Crippen molar-refractivity contribution in [3.05, 3.63) is 118 Å². The molecule has 3 amide bonds. The van der Waals surface area contributed by atoms with E-state index in [1.54, 1.807) is 24.0 Å². The van der Waals surface area contributed by atoms with Gasteiger partial charge in [0.2, 0.25) is 11.8 Å². The van der Waals surface area contributed by atoms with Gasteiger partial charge in [-0.15, -0.1) is 0 Å². The first-order chi connectivity index (χ1) is 31.4. The lowest BCUT2D eigenvalue weighted by atomic mass is 9.69. The number of ketones is 1. The van der Waals surface area contributed by atoms with Crippen LogP contribution in [0.5, 0.6) is 11.5 Å². The molecule has 0 spiro atoms. The maximum absolute atomic E-state index is 13.1. The quantitative estimate of drug-likeness (QED) is 0.166. The van der Waals surface area contributed by atoms with Crippen molar-refractivity contribution in [1.29, 1.82) is 0 Å². The Morgan fingerprint density at radius 1 is 0.862 bits per heavy atom. The second kappa shape index (κ2) is 18.3. The fourth-order valence-electron chi connectivity index (χ4n) is 11.7. The van der Waals surface area contributed by atoms with Gasteiger partial charge in [-0.1, -0.05) is 75.2 Å². The Labute approximate surface area is 382 Å². The van der Waals surface area contributed by atoms with Crippen molar-refractivity contribution in [2.24, 2.45) is 5.41 Å². The summed E-state index contributed by atoms with van der Waals surface area (Å²) in [5.41, 5.74) is 9.18. The number of piperazine rings is 1. The highest BCUT2D eigenvalue weighted by molar-refractivity contribution is 6.06. The molecule has 4 aromatic rings. The van der Waals surface area contributed by atoms with Gasteiger partial charge in [-0.3, -0.25) is 34.3 Å². The normalized spacial score (nSPS) is 24.7. The molecule has 4 atom stereocenters. The molecule has 1 N–H and O–H groups in total. The fourth-order valence-corrected chi connectivity index (χ4v) is 11.7. The zero-order valence-electron chi connectivity index (χ0n) is 38.2. The number of fused-ring (bicyclic) bond motifs is 5. The molecule has 0 bridgehead atoms. The third-order valence-corrected chi connectivity index (χ3v) is 15.6. The number of hydrogen-bond acceptors (Lipinski definition) is 9. The highest BCUT2D eigenvalue weighted by Gasteiger charge is 2.45. The lowest BCUT2D eigenvalue weighted by Crippen LogP contribution is -2.65. The number of rotatable bonds is 9. The summed E-state index contributed by atoms with van der Waals surface area (Å²) in [6, 6.07) is 29.0. The molecule has 342 valence electrons. The molecule has 6 aliphatic rings. The molecule has 0 radical (unpaired) electrons. The van der Waals surface area contributed by atoms with Crippen molar-refractivity contribution in [2.75, 3.05) is 55.7 Å². The number of carbonyl (C=O) groups excluding carboxylic acids is 4. The van der Waals surface area contributed by atoms with Crippen molar-refractivity contribution in [3.63, 3.8) is 0 Å². The van der Waals surface area contributed by atoms with Crippen LogP contribution in [0.3, 0.4) is 0 Å².